The highest BCUT2D eigenvalue weighted by molar-refractivity contribution is 6.71. The first-order valence-electron chi connectivity index (χ1n) is 3.69. The van der Waals surface area contributed by atoms with Crippen LogP contribution in [0.25, 0.3) is 0 Å². The summed E-state index contributed by atoms with van der Waals surface area (Å²) >= 11 is 0. The fourth-order valence-corrected chi connectivity index (χ4v) is 2.17. The van der Waals surface area contributed by atoms with Crippen molar-refractivity contribution in [3.63, 3.8) is 0 Å². The molecule has 60 valence electrons. The largest absolute Gasteiger partial charge is 0.500 e. The van der Waals surface area contributed by atoms with Crippen LogP contribution in [-0.4, -0.2) is 15.9 Å². The molecule has 2 heteroatoms. The van der Waals surface area contributed by atoms with Gasteiger partial charge >= 0.3 is 0 Å². The number of para-hydroxylation sites is 1. The van der Waals surface area contributed by atoms with E-state index in [-0.39, 0.29) is 8.80 Å². The lowest BCUT2D eigenvalue weighted by molar-refractivity contribution is 0.418. The number of hydrogen-bond acceptors (Lipinski definition) is 1. The van der Waals surface area contributed by atoms with Crippen LogP contribution in [0.4, 0.5) is 0 Å². The van der Waals surface area contributed by atoms with E-state index in [1.54, 1.807) is 7.11 Å². The molecular weight excluding hydrogens is 152 g/mol. The first kappa shape index (κ1) is 8.33. The van der Waals surface area contributed by atoms with Crippen LogP contribution in [0, 0.1) is 0 Å². The van der Waals surface area contributed by atoms with Crippen molar-refractivity contribution < 1.29 is 4.74 Å². The highest BCUT2D eigenvalue weighted by Crippen LogP contribution is 2.06. The van der Waals surface area contributed by atoms with Gasteiger partial charge in [0.15, 0.2) is 0 Å². The lowest BCUT2D eigenvalue weighted by atomic mass is 10.3. The molecule has 0 fully saturated rings. The zero-order chi connectivity index (χ0) is 8.27. The Morgan fingerprint density at radius 3 is 2.27 bits per heavy atom. The van der Waals surface area contributed by atoms with Crippen molar-refractivity contribution in [1.29, 1.82) is 0 Å². The van der Waals surface area contributed by atoms with Gasteiger partial charge in [0.2, 0.25) is 0 Å². The molecular formula is C9H13OSi-. The Hall–Kier alpha value is -0.763. The van der Waals surface area contributed by atoms with Crippen LogP contribution >= 0.6 is 0 Å². The van der Waals surface area contributed by atoms with Gasteiger partial charge in [0.1, 0.15) is 0 Å². The maximum absolute atomic E-state index is 5.23. The highest BCUT2D eigenvalue weighted by Gasteiger charge is 1.93. The summed E-state index contributed by atoms with van der Waals surface area (Å²) in [6.45, 7) is 4.53. The smallest absolute Gasteiger partial charge is 0.0878 e. The van der Waals surface area contributed by atoms with Crippen LogP contribution in [0.1, 0.15) is 0 Å². The molecule has 0 unspecified atom stereocenters. The minimum atomic E-state index is -0.379. The molecule has 0 saturated heterocycles. The average molecular weight is 165 g/mol. The fourth-order valence-electron chi connectivity index (χ4n) is 1.06. The molecule has 0 aliphatic carbocycles. The molecule has 0 bridgehead atoms. The van der Waals surface area contributed by atoms with Crippen molar-refractivity contribution in [1.82, 2.24) is 0 Å². The molecule has 0 N–H and O–H groups in total. The number of methoxy groups -OCH3 is 1. The van der Waals surface area contributed by atoms with Gasteiger partial charge in [0.05, 0.1) is 12.9 Å². The third-order valence-corrected chi connectivity index (χ3v) is 3.14. The zero-order valence-electron chi connectivity index (χ0n) is 7.22. The number of rotatable bonds is 2. The van der Waals surface area contributed by atoms with Gasteiger partial charge in [-0.2, -0.15) is 18.3 Å². The number of ether oxygens (including phenoxy) is 1. The van der Waals surface area contributed by atoms with Crippen molar-refractivity contribution >= 4 is 14.0 Å². The second-order valence-electron chi connectivity index (χ2n) is 2.70. The quantitative estimate of drug-likeness (QED) is 0.606. The summed E-state index contributed by atoms with van der Waals surface area (Å²) < 4.78 is 5.23. The van der Waals surface area contributed by atoms with Crippen molar-refractivity contribution in [2.24, 2.45) is 0 Å². The van der Waals surface area contributed by atoms with Gasteiger partial charge < -0.3 is 4.74 Å². The lowest BCUT2D eigenvalue weighted by Gasteiger charge is -2.21. The van der Waals surface area contributed by atoms with E-state index in [2.05, 4.69) is 25.2 Å². The molecule has 1 aromatic carbocycles. The molecule has 0 heterocycles. The molecule has 0 radical (unpaired) electrons. The molecule has 0 saturated carbocycles. The summed E-state index contributed by atoms with van der Waals surface area (Å²) in [4.78, 5) is 0. The van der Waals surface area contributed by atoms with Crippen molar-refractivity contribution in [2.45, 2.75) is 13.1 Å². The third kappa shape index (κ3) is 1.83. The lowest BCUT2D eigenvalue weighted by Crippen LogP contribution is -2.23. The van der Waals surface area contributed by atoms with E-state index < -0.39 is 0 Å². The number of benzene rings is 1. The Labute approximate surface area is 69.6 Å². The Morgan fingerprint density at radius 1 is 1.18 bits per heavy atom. The molecule has 1 nitrogen and oxygen atoms in total. The maximum atomic E-state index is 5.23. The molecule has 0 atom stereocenters. The Morgan fingerprint density at radius 2 is 1.82 bits per heavy atom. The minimum Gasteiger partial charge on any atom is -0.500 e. The second kappa shape index (κ2) is 3.58. The summed E-state index contributed by atoms with van der Waals surface area (Å²) in [7, 11) is 1.35. The SMILES string of the molecule is COc1ccccc1[Si-](C)C. The Kier molecular flexibility index (Phi) is 2.71. The monoisotopic (exact) mass is 165 g/mol. The van der Waals surface area contributed by atoms with Gasteiger partial charge in [0.25, 0.3) is 0 Å². The predicted molar refractivity (Wildman–Crippen MR) is 50.1 cm³/mol. The van der Waals surface area contributed by atoms with E-state index in [1.807, 2.05) is 12.1 Å². The van der Waals surface area contributed by atoms with E-state index in [4.69, 9.17) is 4.74 Å². The molecule has 0 spiro atoms. The van der Waals surface area contributed by atoms with Crippen LogP contribution in [0.3, 0.4) is 0 Å². The van der Waals surface area contributed by atoms with Crippen molar-refractivity contribution in [3.8, 4) is 5.75 Å². The van der Waals surface area contributed by atoms with E-state index in [0.29, 0.717) is 0 Å². The predicted octanol–water partition coefficient (Wildman–Crippen LogP) is 1.66. The van der Waals surface area contributed by atoms with E-state index in [9.17, 15) is 0 Å². The van der Waals surface area contributed by atoms with Crippen molar-refractivity contribution in [2.75, 3.05) is 7.11 Å². The van der Waals surface area contributed by atoms with Crippen LogP contribution in [0.2, 0.25) is 13.1 Å². The van der Waals surface area contributed by atoms with Crippen LogP contribution in [0.5, 0.6) is 5.75 Å². The topological polar surface area (TPSA) is 9.23 Å². The molecule has 1 rings (SSSR count). The summed E-state index contributed by atoms with van der Waals surface area (Å²) in [6.07, 6.45) is 0. The minimum absolute atomic E-state index is 0.379. The zero-order valence-corrected chi connectivity index (χ0v) is 8.22. The van der Waals surface area contributed by atoms with Crippen molar-refractivity contribution in [3.05, 3.63) is 24.3 Å². The Bertz CT molecular complexity index is 233. The second-order valence-corrected chi connectivity index (χ2v) is 5.24. The molecule has 11 heavy (non-hydrogen) atoms. The van der Waals surface area contributed by atoms with E-state index in [1.165, 1.54) is 5.19 Å². The fraction of sp³-hybridized carbons (Fsp3) is 0.333. The summed E-state index contributed by atoms with van der Waals surface area (Å²) in [6, 6.07) is 8.24. The first-order chi connectivity index (χ1) is 5.25. The van der Waals surface area contributed by atoms with Gasteiger partial charge in [0, 0.05) is 0 Å². The van der Waals surface area contributed by atoms with E-state index in [0.717, 1.165) is 5.75 Å². The Balaban J connectivity index is 3.02. The van der Waals surface area contributed by atoms with Crippen LogP contribution < -0.4 is 9.92 Å². The maximum Gasteiger partial charge on any atom is 0.0878 e. The first-order valence-corrected chi connectivity index (χ1v) is 6.19. The van der Waals surface area contributed by atoms with E-state index >= 15 is 0 Å². The van der Waals surface area contributed by atoms with Gasteiger partial charge in [-0.05, 0) is 6.07 Å². The number of hydrogen-bond donors (Lipinski definition) is 0. The highest BCUT2D eigenvalue weighted by atomic mass is 28.3. The molecule has 1 aromatic rings. The van der Waals surface area contributed by atoms with Crippen LogP contribution in [-0.2, 0) is 0 Å². The summed E-state index contributed by atoms with van der Waals surface area (Å²) in [5.74, 6) is 1.03. The van der Waals surface area contributed by atoms with Crippen LogP contribution in [0.15, 0.2) is 24.3 Å². The van der Waals surface area contributed by atoms with Gasteiger partial charge in [-0.3, -0.25) is 8.80 Å². The summed E-state index contributed by atoms with van der Waals surface area (Å²) in [5, 5.41) is 1.38. The summed E-state index contributed by atoms with van der Waals surface area (Å²) in [5.41, 5.74) is 0. The molecule has 0 aromatic heterocycles. The molecule has 0 amide bonds. The standard InChI is InChI=1S/C9H13OSi/c1-10-8-6-4-5-7-9(8)11(2)3/h4-7H,1-3H3/q-1. The average Bonchev–Trinajstić information content (AvgIpc) is 2.04. The van der Waals surface area contributed by atoms with Gasteiger partial charge in [-0.1, -0.05) is 18.2 Å². The van der Waals surface area contributed by atoms with Gasteiger partial charge in [-0.25, -0.2) is 0 Å². The third-order valence-electron chi connectivity index (χ3n) is 1.65. The molecule has 0 aliphatic heterocycles. The van der Waals surface area contributed by atoms with Gasteiger partial charge in [-0.15, -0.1) is 0 Å². The molecule has 0 aliphatic rings. The normalized spacial score (nSPS) is 9.36.